The van der Waals surface area contributed by atoms with Crippen LogP contribution in [-0.2, 0) is 0 Å². The van der Waals surface area contributed by atoms with Gasteiger partial charge in [-0.3, -0.25) is 4.79 Å². The normalized spacial score (nSPS) is 9.50. The van der Waals surface area contributed by atoms with E-state index in [-0.39, 0.29) is 5.91 Å². The Hall–Kier alpha value is -1.29. The number of para-hydroxylation sites is 1. The van der Waals surface area contributed by atoms with Gasteiger partial charge in [0.25, 0.3) is 5.91 Å². The highest BCUT2D eigenvalue weighted by molar-refractivity contribution is 9.11. The van der Waals surface area contributed by atoms with Crippen LogP contribution in [0.3, 0.4) is 0 Å². The molecule has 0 bridgehead atoms. The van der Waals surface area contributed by atoms with Crippen LogP contribution in [0.15, 0.2) is 35.3 Å². The lowest BCUT2D eigenvalue weighted by molar-refractivity contribution is 0.0958. The van der Waals surface area contributed by atoms with Crippen LogP contribution in [0.2, 0.25) is 0 Å². The lowest BCUT2D eigenvalue weighted by Crippen LogP contribution is -2.25. The first kappa shape index (κ1) is 10.8. The molecule has 0 heterocycles. The molecule has 0 spiro atoms. The van der Waals surface area contributed by atoms with Gasteiger partial charge in [0, 0.05) is 16.7 Å². The van der Waals surface area contributed by atoms with Crippen molar-refractivity contribution in [3.8, 4) is 0 Å². The number of nitrogens with one attached hydrogen (secondary N) is 1. The van der Waals surface area contributed by atoms with E-state index in [1.165, 1.54) is 0 Å². The van der Waals surface area contributed by atoms with E-state index in [0.717, 1.165) is 4.48 Å². The minimum absolute atomic E-state index is 0.191. The second kappa shape index (κ2) is 4.81. The first-order chi connectivity index (χ1) is 6.61. The Morgan fingerprint density at radius 3 is 2.71 bits per heavy atom. The van der Waals surface area contributed by atoms with Crippen molar-refractivity contribution in [3.05, 3.63) is 40.9 Å². The number of amides is 1. The zero-order valence-electron chi connectivity index (χ0n) is 7.59. The molecule has 0 unspecified atom stereocenters. The average molecular weight is 255 g/mol. The summed E-state index contributed by atoms with van der Waals surface area (Å²) in [6.07, 6.45) is 0. The molecule has 0 aliphatic rings. The Morgan fingerprint density at radius 2 is 2.14 bits per heavy atom. The van der Waals surface area contributed by atoms with Crippen LogP contribution >= 0.6 is 15.9 Å². The molecule has 0 atom stereocenters. The molecule has 1 rings (SSSR count). The molecular weight excluding hydrogens is 244 g/mol. The van der Waals surface area contributed by atoms with Crippen molar-refractivity contribution in [2.24, 2.45) is 0 Å². The zero-order chi connectivity index (χ0) is 10.6. The van der Waals surface area contributed by atoms with Gasteiger partial charge in [0.15, 0.2) is 0 Å². The number of hydrogen-bond donors (Lipinski definition) is 2. The lowest BCUT2D eigenvalue weighted by Gasteiger charge is -2.05. The standard InChI is InChI=1S/C10H11BrN2O/c1-7(11)6-13-10(14)8-4-2-3-5-9(8)12/h2-5H,1,6,12H2,(H,13,14). The quantitative estimate of drug-likeness (QED) is 0.810. The third-order valence-corrected chi connectivity index (χ3v) is 1.93. The van der Waals surface area contributed by atoms with E-state index in [2.05, 4.69) is 27.8 Å². The van der Waals surface area contributed by atoms with Crippen molar-refractivity contribution in [2.45, 2.75) is 0 Å². The summed E-state index contributed by atoms with van der Waals surface area (Å²) in [6, 6.07) is 6.93. The molecule has 0 saturated heterocycles. The summed E-state index contributed by atoms with van der Waals surface area (Å²) in [4.78, 5) is 11.5. The van der Waals surface area contributed by atoms with Crippen LogP contribution in [0.25, 0.3) is 0 Å². The van der Waals surface area contributed by atoms with Gasteiger partial charge in [-0.15, -0.1) is 0 Å². The van der Waals surface area contributed by atoms with Crippen LogP contribution in [0, 0.1) is 0 Å². The molecule has 1 aromatic rings. The van der Waals surface area contributed by atoms with E-state index in [1.54, 1.807) is 24.3 Å². The Bertz CT molecular complexity index is 363. The monoisotopic (exact) mass is 254 g/mol. The number of anilines is 1. The molecule has 4 heteroatoms. The average Bonchev–Trinajstić information content (AvgIpc) is 2.15. The predicted molar refractivity (Wildman–Crippen MR) is 61.3 cm³/mol. The van der Waals surface area contributed by atoms with Gasteiger partial charge in [-0.05, 0) is 12.1 Å². The Morgan fingerprint density at radius 1 is 1.50 bits per heavy atom. The number of benzene rings is 1. The lowest BCUT2D eigenvalue weighted by atomic mass is 10.2. The van der Waals surface area contributed by atoms with E-state index in [9.17, 15) is 4.79 Å². The first-order valence-corrected chi connectivity index (χ1v) is 4.86. The molecule has 0 saturated carbocycles. The number of carbonyl (C=O) groups is 1. The summed E-state index contributed by atoms with van der Waals surface area (Å²) < 4.78 is 0.723. The molecule has 0 aromatic heterocycles. The fourth-order valence-electron chi connectivity index (χ4n) is 0.975. The molecule has 74 valence electrons. The van der Waals surface area contributed by atoms with Crippen molar-refractivity contribution < 1.29 is 4.79 Å². The number of halogens is 1. The van der Waals surface area contributed by atoms with Crippen molar-refractivity contribution >= 4 is 27.5 Å². The second-order valence-corrected chi connectivity index (χ2v) is 3.91. The zero-order valence-corrected chi connectivity index (χ0v) is 9.17. The second-order valence-electron chi connectivity index (χ2n) is 2.79. The highest BCUT2D eigenvalue weighted by Crippen LogP contribution is 2.10. The molecular formula is C10H11BrN2O. The number of hydrogen-bond acceptors (Lipinski definition) is 2. The fraction of sp³-hybridized carbons (Fsp3) is 0.100. The van der Waals surface area contributed by atoms with Crippen LogP contribution in [0.4, 0.5) is 5.69 Å². The molecule has 3 N–H and O–H groups in total. The maximum absolute atomic E-state index is 11.5. The maximum atomic E-state index is 11.5. The van der Waals surface area contributed by atoms with Gasteiger partial charge in [0.2, 0.25) is 0 Å². The Labute approximate surface area is 91.1 Å². The van der Waals surface area contributed by atoms with Crippen LogP contribution < -0.4 is 11.1 Å². The Balaban J connectivity index is 2.70. The van der Waals surface area contributed by atoms with Gasteiger partial charge in [0.05, 0.1) is 5.56 Å². The van der Waals surface area contributed by atoms with Gasteiger partial charge >= 0.3 is 0 Å². The molecule has 0 radical (unpaired) electrons. The van der Waals surface area contributed by atoms with Crippen molar-refractivity contribution in [2.75, 3.05) is 12.3 Å². The van der Waals surface area contributed by atoms with Crippen LogP contribution in [0.1, 0.15) is 10.4 Å². The molecule has 3 nitrogen and oxygen atoms in total. The summed E-state index contributed by atoms with van der Waals surface area (Å²) in [5.74, 6) is -0.191. The van der Waals surface area contributed by atoms with Gasteiger partial charge in [-0.25, -0.2) is 0 Å². The summed E-state index contributed by atoms with van der Waals surface area (Å²) in [7, 11) is 0. The third-order valence-electron chi connectivity index (χ3n) is 1.65. The maximum Gasteiger partial charge on any atom is 0.253 e. The van der Waals surface area contributed by atoms with E-state index < -0.39 is 0 Å². The minimum Gasteiger partial charge on any atom is -0.398 e. The fourth-order valence-corrected chi connectivity index (χ4v) is 1.12. The van der Waals surface area contributed by atoms with Crippen molar-refractivity contribution in [1.82, 2.24) is 5.32 Å². The van der Waals surface area contributed by atoms with Crippen molar-refractivity contribution in [1.29, 1.82) is 0 Å². The number of nitrogen functional groups attached to an aromatic ring is 1. The summed E-state index contributed by atoms with van der Waals surface area (Å²) in [5.41, 5.74) is 6.60. The predicted octanol–water partition coefficient (Wildman–Crippen LogP) is 1.91. The molecule has 1 amide bonds. The van der Waals surface area contributed by atoms with Crippen molar-refractivity contribution in [3.63, 3.8) is 0 Å². The summed E-state index contributed by atoms with van der Waals surface area (Å²) in [6.45, 7) is 4.01. The molecule has 0 aliphatic carbocycles. The topological polar surface area (TPSA) is 55.1 Å². The van der Waals surface area contributed by atoms with Crippen LogP contribution in [-0.4, -0.2) is 12.5 Å². The van der Waals surface area contributed by atoms with Crippen LogP contribution in [0.5, 0.6) is 0 Å². The molecule has 0 aliphatic heterocycles. The van der Waals surface area contributed by atoms with Gasteiger partial charge in [-0.1, -0.05) is 34.6 Å². The highest BCUT2D eigenvalue weighted by atomic mass is 79.9. The number of carbonyl (C=O) groups excluding carboxylic acids is 1. The molecule has 0 fully saturated rings. The van der Waals surface area contributed by atoms with E-state index >= 15 is 0 Å². The van der Waals surface area contributed by atoms with Gasteiger partial charge in [-0.2, -0.15) is 0 Å². The third kappa shape index (κ3) is 2.88. The largest absolute Gasteiger partial charge is 0.398 e. The molecule has 1 aromatic carbocycles. The SMILES string of the molecule is C=C(Br)CNC(=O)c1ccccc1N. The first-order valence-electron chi connectivity index (χ1n) is 4.07. The summed E-state index contributed by atoms with van der Waals surface area (Å²) in [5, 5.41) is 2.67. The van der Waals surface area contributed by atoms with E-state index in [0.29, 0.717) is 17.8 Å². The Kier molecular flexibility index (Phi) is 3.71. The minimum atomic E-state index is -0.191. The summed E-state index contributed by atoms with van der Waals surface area (Å²) >= 11 is 3.15. The van der Waals surface area contributed by atoms with E-state index in [1.807, 2.05) is 0 Å². The number of rotatable bonds is 3. The highest BCUT2D eigenvalue weighted by Gasteiger charge is 2.07. The molecule has 14 heavy (non-hydrogen) atoms. The number of nitrogens with two attached hydrogens (primary N) is 1. The van der Waals surface area contributed by atoms with E-state index in [4.69, 9.17) is 5.73 Å². The van der Waals surface area contributed by atoms with Gasteiger partial charge in [0.1, 0.15) is 0 Å². The smallest absolute Gasteiger partial charge is 0.253 e. The van der Waals surface area contributed by atoms with Gasteiger partial charge < -0.3 is 11.1 Å².